The lowest BCUT2D eigenvalue weighted by Gasteiger charge is -2.44. The second kappa shape index (κ2) is 7.19. The Hall–Kier alpha value is -1.84. The average molecular weight is 336 g/mol. The molecule has 2 aromatic carbocycles. The van der Waals surface area contributed by atoms with Gasteiger partial charge in [0.15, 0.2) is 0 Å². The van der Waals surface area contributed by atoms with Crippen molar-refractivity contribution in [1.82, 2.24) is 9.80 Å². The number of benzene rings is 2. The van der Waals surface area contributed by atoms with Crippen molar-refractivity contribution in [2.45, 2.75) is 37.8 Å². The van der Waals surface area contributed by atoms with Crippen LogP contribution in [0.15, 0.2) is 48.5 Å². The summed E-state index contributed by atoms with van der Waals surface area (Å²) in [6.45, 7) is 2.32. The Morgan fingerprint density at radius 3 is 2.24 bits per heavy atom. The minimum absolute atomic E-state index is 0.314. The molecule has 2 aromatic rings. The summed E-state index contributed by atoms with van der Waals surface area (Å²) in [6.07, 6.45) is 5.17. The van der Waals surface area contributed by atoms with E-state index >= 15 is 0 Å². The van der Waals surface area contributed by atoms with Crippen molar-refractivity contribution in [3.05, 3.63) is 59.7 Å². The minimum atomic E-state index is 0.314. The Morgan fingerprint density at radius 2 is 1.60 bits per heavy atom. The maximum Gasteiger partial charge on any atom is 0.132 e. The lowest BCUT2D eigenvalue weighted by Crippen LogP contribution is -2.44. The molecular weight excluding hydrogens is 308 g/mol. The number of para-hydroxylation sites is 2. The molecule has 0 aromatic heterocycles. The number of hydrogen-bond acceptors (Lipinski definition) is 3. The zero-order valence-electron chi connectivity index (χ0n) is 15.3. The van der Waals surface area contributed by atoms with Gasteiger partial charge >= 0.3 is 0 Å². The SMILES string of the molecule is CN(C)CCC1CCCCN1C1c2ccccc2Oc2ccccc21. The van der Waals surface area contributed by atoms with E-state index in [1.165, 1.54) is 43.4 Å². The predicted octanol–water partition coefficient (Wildman–Crippen LogP) is 4.69. The number of fused-ring (bicyclic) bond motifs is 2. The maximum atomic E-state index is 6.20. The molecule has 4 rings (SSSR count). The standard InChI is InChI=1S/C22H28N2O/c1-23(2)16-14-17-9-7-8-15-24(17)22-18-10-3-5-12-20(18)25-21-13-6-4-11-19(21)22/h3-6,10-13,17,22H,7-9,14-16H2,1-2H3. The summed E-state index contributed by atoms with van der Waals surface area (Å²) in [5.41, 5.74) is 2.64. The Labute approximate surface area is 151 Å². The van der Waals surface area contributed by atoms with E-state index in [-0.39, 0.29) is 0 Å². The molecule has 2 heterocycles. The molecule has 1 unspecified atom stereocenters. The molecule has 0 radical (unpaired) electrons. The van der Waals surface area contributed by atoms with Crippen molar-refractivity contribution in [3.8, 4) is 11.5 Å². The van der Waals surface area contributed by atoms with Crippen LogP contribution in [0.3, 0.4) is 0 Å². The summed E-state index contributed by atoms with van der Waals surface area (Å²) < 4.78 is 6.20. The molecule has 1 atom stereocenters. The first-order valence-electron chi connectivity index (χ1n) is 9.50. The van der Waals surface area contributed by atoms with Crippen molar-refractivity contribution in [1.29, 1.82) is 0 Å². The van der Waals surface area contributed by atoms with Gasteiger partial charge in [0.25, 0.3) is 0 Å². The monoisotopic (exact) mass is 336 g/mol. The highest BCUT2D eigenvalue weighted by atomic mass is 16.5. The highest BCUT2D eigenvalue weighted by Gasteiger charge is 2.36. The van der Waals surface area contributed by atoms with E-state index < -0.39 is 0 Å². The Balaban J connectivity index is 1.72. The first kappa shape index (κ1) is 16.6. The van der Waals surface area contributed by atoms with Crippen LogP contribution >= 0.6 is 0 Å². The molecule has 3 heteroatoms. The van der Waals surface area contributed by atoms with Gasteiger partial charge in [0.1, 0.15) is 11.5 Å². The van der Waals surface area contributed by atoms with Gasteiger partial charge in [-0.1, -0.05) is 42.8 Å². The molecule has 0 N–H and O–H groups in total. The molecule has 0 amide bonds. The average Bonchev–Trinajstić information content (AvgIpc) is 2.64. The summed E-state index contributed by atoms with van der Waals surface area (Å²) in [6, 6.07) is 18.1. The summed E-state index contributed by atoms with van der Waals surface area (Å²) in [5.74, 6) is 2.03. The van der Waals surface area contributed by atoms with Crippen LogP contribution in [0.4, 0.5) is 0 Å². The molecule has 2 aliphatic rings. The van der Waals surface area contributed by atoms with Crippen molar-refractivity contribution < 1.29 is 4.74 Å². The van der Waals surface area contributed by atoms with Crippen LogP contribution in [0.5, 0.6) is 11.5 Å². The van der Waals surface area contributed by atoms with Crippen LogP contribution in [0.1, 0.15) is 42.9 Å². The van der Waals surface area contributed by atoms with E-state index in [0.717, 1.165) is 18.0 Å². The third-order valence-electron chi connectivity index (χ3n) is 5.56. The van der Waals surface area contributed by atoms with E-state index in [0.29, 0.717) is 12.1 Å². The molecule has 25 heavy (non-hydrogen) atoms. The smallest absolute Gasteiger partial charge is 0.132 e. The molecule has 132 valence electrons. The van der Waals surface area contributed by atoms with Crippen molar-refractivity contribution in [2.24, 2.45) is 0 Å². The van der Waals surface area contributed by atoms with Gasteiger partial charge in [0.05, 0.1) is 6.04 Å². The van der Waals surface area contributed by atoms with Crippen LogP contribution in [-0.2, 0) is 0 Å². The van der Waals surface area contributed by atoms with Crippen LogP contribution in [0.25, 0.3) is 0 Å². The highest BCUT2D eigenvalue weighted by molar-refractivity contribution is 5.53. The van der Waals surface area contributed by atoms with Crippen LogP contribution in [0, 0.1) is 0 Å². The van der Waals surface area contributed by atoms with E-state index in [1.807, 2.05) is 0 Å². The number of rotatable bonds is 4. The van der Waals surface area contributed by atoms with Crippen LogP contribution < -0.4 is 4.74 Å². The fraction of sp³-hybridized carbons (Fsp3) is 0.455. The van der Waals surface area contributed by atoms with Gasteiger partial charge in [-0.15, -0.1) is 0 Å². The second-order valence-electron chi connectivity index (χ2n) is 7.56. The van der Waals surface area contributed by atoms with Gasteiger partial charge < -0.3 is 9.64 Å². The van der Waals surface area contributed by atoms with E-state index in [1.54, 1.807) is 0 Å². The first-order valence-corrected chi connectivity index (χ1v) is 9.50. The third kappa shape index (κ3) is 3.31. The van der Waals surface area contributed by atoms with Crippen molar-refractivity contribution in [2.75, 3.05) is 27.2 Å². The van der Waals surface area contributed by atoms with Crippen LogP contribution in [-0.4, -0.2) is 43.0 Å². The minimum Gasteiger partial charge on any atom is -0.457 e. The fourth-order valence-electron chi connectivity index (χ4n) is 4.32. The molecule has 3 nitrogen and oxygen atoms in total. The van der Waals surface area contributed by atoms with Gasteiger partial charge in [0, 0.05) is 17.2 Å². The van der Waals surface area contributed by atoms with E-state index in [9.17, 15) is 0 Å². The Kier molecular flexibility index (Phi) is 4.78. The molecule has 2 aliphatic heterocycles. The molecule has 0 saturated carbocycles. The predicted molar refractivity (Wildman–Crippen MR) is 102 cm³/mol. The van der Waals surface area contributed by atoms with Gasteiger partial charge in [-0.05, 0) is 58.6 Å². The molecule has 1 fully saturated rings. The zero-order chi connectivity index (χ0) is 17.2. The third-order valence-corrected chi connectivity index (χ3v) is 5.56. The number of likely N-dealkylation sites (tertiary alicyclic amines) is 1. The second-order valence-corrected chi connectivity index (χ2v) is 7.56. The molecular formula is C22H28N2O. The van der Waals surface area contributed by atoms with E-state index in [4.69, 9.17) is 4.74 Å². The van der Waals surface area contributed by atoms with Crippen molar-refractivity contribution >= 4 is 0 Å². The molecule has 0 aliphatic carbocycles. The number of nitrogens with zero attached hydrogens (tertiary/aromatic N) is 2. The summed E-state index contributed by atoms with van der Waals surface area (Å²) >= 11 is 0. The quantitative estimate of drug-likeness (QED) is 0.806. The fourth-order valence-corrected chi connectivity index (χ4v) is 4.32. The molecule has 0 spiro atoms. The van der Waals surface area contributed by atoms with Gasteiger partial charge in [-0.2, -0.15) is 0 Å². The number of ether oxygens (including phenoxy) is 1. The Morgan fingerprint density at radius 1 is 0.960 bits per heavy atom. The van der Waals surface area contributed by atoms with Crippen molar-refractivity contribution in [3.63, 3.8) is 0 Å². The normalized spacial score (nSPS) is 20.8. The summed E-state index contributed by atoms with van der Waals surface area (Å²) in [5, 5.41) is 0. The summed E-state index contributed by atoms with van der Waals surface area (Å²) in [7, 11) is 4.35. The van der Waals surface area contributed by atoms with Crippen LogP contribution in [0.2, 0.25) is 0 Å². The van der Waals surface area contributed by atoms with Gasteiger partial charge in [-0.25, -0.2) is 0 Å². The lowest BCUT2D eigenvalue weighted by molar-refractivity contribution is 0.0957. The van der Waals surface area contributed by atoms with Gasteiger partial charge in [-0.3, -0.25) is 4.90 Å². The molecule has 1 saturated heterocycles. The van der Waals surface area contributed by atoms with E-state index in [2.05, 4.69) is 72.4 Å². The number of piperidine rings is 1. The lowest BCUT2D eigenvalue weighted by atomic mass is 9.88. The largest absolute Gasteiger partial charge is 0.457 e. The summed E-state index contributed by atoms with van der Waals surface area (Å²) in [4.78, 5) is 5.05. The Bertz CT molecular complexity index is 682. The zero-order valence-corrected chi connectivity index (χ0v) is 15.3. The van der Waals surface area contributed by atoms with Gasteiger partial charge in [0.2, 0.25) is 0 Å². The maximum absolute atomic E-state index is 6.20. The number of hydrogen-bond donors (Lipinski definition) is 0. The highest BCUT2D eigenvalue weighted by Crippen LogP contribution is 2.47. The topological polar surface area (TPSA) is 15.7 Å². The first-order chi connectivity index (χ1) is 12.2. The molecule has 0 bridgehead atoms.